The smallest absolute Gasteiger partial charge is 0.115 e. The van der Waals surface area contributed by atoms with Gasteiger partial charge in [0.1, 0.15) is 7.85 Å². The molecule has 0 aliphatic rings. The molecule has 10 heavy (non-hydrogen) atoms. The van der Waals surface area contributed by atoms with E-state index in [-0.39, 0.29) is 0 Å². The van der Waals surface area contributed by atoms with Crippen molar-refractivity contribution in [3.8, 4) is 6.07 Å². The van der Waals surface area contributed by atoms with Gasteiger partial charge in [0, 0.05) is 5.02 Å². The van der Waals surface area contributed by atoms with Crippen molar-refractivity contribution in [2.24, 2.45) is 0 Å². The predicted molar refractivity (Wildman–Crippen MR) is 41.6 cm³/mol. The highest BCUT2D eigenvalue weighted by Gasteiger charge is 1.94. The molecule has 0 fully saturated rings. The highest BCUT2D eigenvalue weighted by atomic mass is 35.5. The summed E-state index contributed by atoms with van der Waals surface area (Å²) in [4.78, 5) is 0. The van der Waals surface area contributed by atoms with Gasteiger partial charge in [-0.15, -0.1) is 0 Å². The van der Waals surface area contributed by atoms with Crippen LogP contribution in [0.15, 0.2) is 18.2 Å². The van der Waals surface area contributed by atoms with Crippen molar-refractivity contribution >= 4 is 24.9 Å². The van der Waals surface area contributed by atoms with Crippen molar-refractivity contribution in [1.29, 1.82) is 5.26 Å². The Morgan fingerprint density at radius 1 is 1.50 bits per heavy atom. The van der Waals surface area contributed by atoms with Crippen LogP contribution in [0.3, 0.4) is 0 Å². The number of rotatable bonds is 0. The van der Waals surface area contributed by atoms with Crippen molar-refractivity contribution in [1.82, 2.24) is 0 Å². The SMILES string of the molecule is [B]c1cc(C#N)ccc1Cl. The number of halogens is 1. The van der Waals surface area contributed by atoms with E-state index in [9.17, 15) is 0 Å². The Kier molecular flexibility index (Phi) is 1.98. The summed E-state index contributed by atoms with van der Waals surface area (Å²) >= 11 is 5.60. The minimum atomic E-state index is 0.445. The van der Waals surface area contributed by atoms with Gasteiger partial charge in [-0.1, -0.05) is 23.1 Å². The fourth-order valence-electron chi connectivity index (χ4n) is 0.613. The first-order valence-electron chi connectivity index (χ1n) is 2.69. The first kappa shape index (κ1) is 7.18. The van der Waals surface area contributed by atoms with Crippen molar-refractivity contribution in [2.45, 2.75) is 0 Å². The Morgan fingerprint density at radius 2 is 2.20 bits per heavy atom. The Labute approximate surface area is 65.6 Å². The molecule has 2 radical (unpaired) electrons. The van der Waals surface area contributed by atoms with E-state index in [2.05, 4.69) is 0 Å². The summed E-state index contributed by atoms with van der Waals surface area (Å²) in [7, 11) is 5.41. The Bertz CT molecular complexity index is 290. The number of hydrogen-bond acceptors (Lipinski definition) is 1. The third-order valence-corrected chi connectivity index (χ3v) is 1.47. The molecule has 0 aliphatic carbocycles. The van der Waals surface area contributed by atoms with Crippen LogP contribution in [0.4, 0.5) is 0 Å². The number of hydrogen-bond donors (Lipinski definition) is 0. The van der Waals surface area contributed by atoms with E-state index in [1.807, 2.05) is 6.07 Å². The van der Waals surface area contributed by atoms with Crippen LogP contribution in [0.5, 0.6) is 0 Å². The fourth-order valence-corrected chi connectivity index (χ4v) is 0.731. The van der Waals surface area contributed by atoms with E-state index in [4.69, 9.17) is 24.7 Å². The van der Waals surface area contributed by atoms with Gasteiger partial charge in [0.25, 0.3) is 0 Å². The maximum absolute atomic E-state index is 8.40. The Hall–Kier alpha value is -0.935. The van der Waals surface area contributed by atoms with Crippen LogP contribution in [0.1, 0.15) is 5.56 Å². The molecule has 0 N–H and O–H groups in total. The van der Waals surface area contributed by atoms with E-state index in [0.717, 1.165) is 0 Å². The highest BCUT2D eigenvalue weighted by Crippen LogP contribution is 2.04. The van der Waals surface area contributed by atoms with Crippen LogP contribution in [-0.2, 0) is 0 Å². The van der Waals surface area contributed by atoms with Crippen LogP contribution in [0, 0.1) is 11.3 Å². The van der Waals surface area contributed by atoms with Gasteiger partial charge in [-0.2, -0.15) is 5.26 Å². The van der Waals surface area contributed by atoms with Crippen LogP contribution >= 0.6 is 11.6 Å². The van der Waals surface area contributed by atoms with Gasteiger partial charge < -0.3 is 0 Å². The second-order valence-corrected chi connectivity index (χ2v) is 2.26. The molecule has 0 bridgehead atoms. The van der Waals surface area contributed by atoms with E-state index in [0.29, 0.717) is 16.0 Å². The molecule has 1 rings (SSSR count). The van der Waals surface area contributed by atoms with Gasteiger partial charge in [0.05, 0.1) is 11.6 Å². The Balaban J connectivity index is 3.20. The van der Waals surface area contributed by atoms with Crippen molar-refractivity contribution < 1.29 is 0 Å². The zero-order chi connectivity index (χ0) is 7.56. The van der Waals surface area contributed by atoms with Gasteiger partial charge in [-0.3, -0.25) is 0 Å². The highest BCUT2D eigenvalue weighted by molar-refractivity contribution is 6.45. The second kappa shape index (κ2) is 2.77. The van der Waals surface area contributed by atoms with Crippen molar-refractivity contribution in [3.05, 3.63) is 28.8 Å². The molecule has 0 aromatic heterocycles. The van der Waals surface area contributed by atoms with Gasteiger partial charge in [-0.25, -0.2) is 0 Å². The van der Waals surface area contributed by atoms with Gasteiger partial charge in [0.15, 0.2) is 0 Å². The topological polar surface area (TPSA) is 23.8 Å². The number of nitrogens with zero attached hydrogens (tertiary/aromatic N) is 1. The molecule has 1 nitrogen and oxygen atoms in total. The lowest BCUT2D eigenvalue weighted by Gasteiger charge is -1.95. The summed E-state index contributed by atoms with van der Waals surface area (Å²) in [6, 6.07) is 6.73. The zero-order valence-corrected chi connectivity index (χ0v) is 5.89. The monoisotopic (exact) mass is 147 g/mol. The summed E-state index contributed by atoms with van der Waals surface area (Å²) in [6.07, 6.45) is 0. The minimum absolute atomic E-state index is 0.445. The average Bonchev–Trinajstić information content (AvgIpc) is 1.95. The van der Waals surface area contributed by atoms with E-state index >= 15 is 0 Å². The predicted octanol–water partition coefficient (Wildman–Crippen LogP) is 1.01. The molecule has 0 atom stereocenters. The molecule has 3 heteroatoms. The zero-order valence-electron chi connectivity index (χ0n) is 5.13. The summed E-state index contributed by atoms with van der Waals surface area (Å²) in [5.41, 5.74) is 0.975. The van der Waals surface area contributed by atoms with E-state index in [1.165, 1.54) is 0 Å². The standard InChI is InChI=1S/C7H3BClN/c8-6-3-5(4-10)1-2-7(6)9/h1-3H. The first-order chi connectivity index (χ1) is 4.74. The van der Waals surface area contributed by atoms with Gasteiger partial charge >= 0.3 is 0 Å². The van der Waals surface area contributed by atoms with Crippen LogP contribution in [-0.4, -0.2) is 7.85 Å². The number of benzene rings is 1. The Morgan fingerprint density at radius 3 is 2.70 bits per heavy atom. The summed E-state index contributed by atoms with van der Waals surface area (Å²) < 4.78 is 0. The summed E-state index contributed by atoms with van der Waals surface area (Å²) in [5.74, 6) is 0. The van der Waals surface area contributed by atoms with Crippen LogP contribution in [0.2, 0.25) is 5.02 Å². The number of nitriles is 1. The van der Waals surface area contributed by atoms with Gasteiger partial charge in [0.2, 0.25) is 0 Å². The first-order valence-corrected chi connectivity index (χ1v) is 3.07. The lowest BCUT2D eigenvalue weighted by atomic mass is 9.95. The summed E-state index contributed by atoms with van der Waals surface area (Å²) in [5, 5.41) is 8.89. The molecular weight excluding hydrogens is 144 g/mol. The lowest BCUT2D eigenvalue weighted by molar-refractivity contribution is 1.49. The largest absolute Gasteiger partial charge is 0.192 e. The average molecular weight is 147 g/mol. The third kappa shape index (κ3) is 1.31. The molecule has 0 spiro atoms. The molecule has 0 unspecified atom stereocenters. The van der Waals surface area contributed by atoms with Gasteiger partial charge in [-0.05, 0) is 12.1 Å². The minimum Gasteiger partial charge on any atom is -0.192 e. The molecule has 0 aliphatic heterocycles. The molecule has 0 heterocycles. The molecular formula is C7H3BClN. The molecule has 1 aromatic carbocycles. The lowest BCUT2D eigenvalue weighted by Crippen LogP contribution is -2.03. The quantitative estimate of drug-likeness (QED) is 0.502. The summed E-state index contributed by atoms with van der Waals surface area (Å²) in [6.45, 7) is 0. The van der Waals surface area contributed by atoms with Crippen LogP contribution in [0.25, 0.3) is 0 Å². The second-order valence-electron chi connectivity index (χ2n) is 1.85. The molecule has 0 amide bonds. The van der Waals surface area contributed by atoms with Crippen molar-refractivity contribution in [3.63, 3.8) is 0 Å². The molecule has 46 valence electrons. The third-order valence-electron chi connectivity index (χ3n) is 1.13. The maximum Gasteiger partial charge on any atom is 0.115 e. The van der Waals surface area contributed by atoms with E-state index < -0.39 is 0 Å². The normalized spacial score (nSPS) is 8.80. The van der Waals surface area contributed by atoms with Crippen molar-refractivity contribution in [2.75, 3.05) is 0 Å². The van der Waals surface area contributed by atoms with E-state index in [1.54, 1.807) is 18.2 Å². The van der Waals surface area contributed by atoms with Crippen LogP contribution < -0.4 is 5.46 Å². The molecule has 1 aromatic rings. The molecule has 0 saturated carbocycles. The fraction of sp³-hybridized carbons (Fsp3) is 0. The molecule has 0 saturated heterocycles. The maximum atomic E-state index is 8.40.